The minimum atomic E-state index is -1.07. The number of aryl methyl sites for hydroxylation is 1. The number of nitrogens with one attached hydrogen (secondary N) is 3. The Balaban J connectivity index is 1.73. The molecule has 9 nitrogen and oxygen atoms in total. The lowest BCUT2D eigenvalue weighted by atomic mass is 10.2. The van der Waals surface area contributed by atoms with Crippen LogP contribution >= 0.6 is 11.5 Å². The Kier molecular flexibility index (Phi) is 7.38. The summed E-state index contributed by atoms with van der Waals surface area (Å²) in [5.41, 5.74) is 0.971. The van der Waals surface area contributed by atoms with Crippen molar-refractivity contribution in [3.8, 4) is 0 Å². The Morgan fingerprint density at radius 3 is 2.59 bits per heavy atom. The molecule has 0 aliphatic heterocycles. The molecule has 12 heteroatoms. The second-order valence-electron chi connectivity index (χ2n) is 6.80. The van der Waals surface area contributed by atoms with E-state index in [4.69, 9.17) is 0 Å². The number of rotatable bonds is 8. The van der Waals surface area contributed by atoms with Crippen LogP contribution in [0, 0.1) is 18.6 Å². The highest BCUT2D eigenvalue weighted by Gasteiger charge is 2.20. The van der Waals surface area contributed by atoms with Crippen molar-refractivity contribution in [1.29, 1.82) is 0 Å². The molecule has 0 aliphatic rings. The van der Waals surface area contributed by atoms with Gasteiger partial charge in [0.15, 0.2) is 11.6 Å². The van der Waals surface area contributed by atoms with Crippen molar-refractivity contribution in [1.82, 2.24) is 24.6 Å². The molecule has 2 aromatic heterocycles. The summed E-state index contributed by atoms with van der Waals surface area (Å²) in [5, 5.41) is 8.84. The monoisotopic (exact) mass is 461 g/mol. The van der Waals surface area contributed by atoms with Crippen LogP contribution in [0.2, 0.25) is 0 Å². The van der Waals surface area contributed by atoms with Gasteiger partial charge in [-0.05, 0) is 37.6 Å². The molecule has 0 unspecified atom stereocenters. The van der Waals surface area contributed by atoms with Crippen LogP contribution in [0.25, 0.3) is 0 Å². The third-order valence-electron chi connectivity index (χ3n) is 4.42. The largest absolute Gasteiger partial charge is 0.339 e. The van der Waals surface area contributed by atoms with E-state index in [9.17, 15) is 18.4 Å². The van der Waals surface area contributed by atoms with Gasteiger partial charge >= 0.3 is 0 Å². The van der Waals surface area contributed by atoms with E-state index in [-0.39, 0.29) is 22.9 Å². The molecule has 0 spiro atoms. The molecule has 0 bridgehead atoms. The Morgan fingerprint density at radius 1 is 1.16 bits per heavy atom. The van der Waals surface area contributed by atoms with Gasteiger partial charge in [0.25, 0.3) is 11.8 Å². The van der Waals surface area contributed by atoms with Crippen LogP contribution in [0.1, 0.15) is 26.5 Å². The van der Waals surface area contributed by atoms with E-state index in [1.54, 1.807) is 21.0 Å². The Bertz CT molecular complexity index is 1120. The maximum atomic E-state index is 13.4. The zero-order valence-corrected chi connectivity index (χ0v) is 18.4. The summed E-state index contributed by atoms with van der Waals surface area (Å²) in [6.45, 7) is 2.82. The van der Waals surface area contributed by atoms with Crippen molar-refractivity contribution in [2.45, 2.75) is 6.92 Å². The highest BCUT2D eigenvalue weighted by atomic mass is 32.1. The summed E-state index contributed by atoms with van der Waals surface area (Å²) < 4.78 is 30.7. The quantitative estimate of drug-likeness (QED) is 0.473. The lowest BCUT2D eigenvalue weighted by molar-refractivity contribution is 0.0790. The molecule has 0 aliphatic carbocycles. The zero-order valence-electron chi connectivity index (χ0n) is 17.6. The lowest BCUT2D eigenvalue weighted by Gasteiger charge is -2.16. The molecular weight excluding hydrogens is 440 g/mol. The third-order valence-corrected chi connectivity index (χ3v) is 5.28. The number of hydrogen-bond acceptors (Lipinski definition) is 8. The molecule has 32 heavy (non-hydrogen) atoms. The van der Waals surface area contributed by atoms with Crippen LogP contribution in [-0.2, 0) is 0 Å². The molecule has 0 saturated heterocycles. The number of carbonyl (C=O) groups is 2. The van der Waals surface area contributed by atoms with Crippen molar-refractivity contribution in [2.75, 3.05) is 37.8 Å². The summed E-state index contributed by atoms with van der Waals surface area (Å²) in [6, 6.07) is 3.08. The summed E-state index contributed by atoms with van der Waals surface area (Å²) in [5.74, 6) is -2.57. The van der Waals surface area contributed by atoms with Crippen LogP contribution in [0.15, 0.2) is 30.6 Å². The zero-order chi connectivity index (χ0) is 23.3. The van der Waals surface area contributed by atoms with E-state index in [2.05, 4.69) is 30.3 Å². The number of likely N-dealkylation sites (N-methyl/N-ethyl adjacent to an activating group) is 2. The van der Waals surface area contributed by atoms with Gasteiger partial charge in [0.05, 0.1) is 23.7 Å². The van der Waals surface area contributed by atoms with E-state index < -0.39 is 17.5 Å². The first-order valence-corrected chi connectivity index (χ1v) is 10.3. The molecule has 0 fully saturated rings. The first-order chi connectivity index (χ1) is 15.3. The minimum Gasteiger partial charge on any atom is -0.339 e. The molecule has 0 atom stereocenters. The first kappa shape index (κ1) is 23.2. The fourth-order valence-electron chi connectivity index (χ4n) is 2.69. The highest BCUT2D eigenvalue weighted by Crippen LogP contribution is 2.28. The predicted octanol–water partition coefficient (Wildman–Crippen LogP) is 2.81. The molecule has 168 valence electrons. The minimum absolute atomic E-state index is 0.107. The Hall–Kier alpha value is -3.51. The van der Waals surface area contributed by atoms with E-state index in [1.165, 1.54) is 23.4 Å². The van der Waals surface area contributed by atoms with Crippen LogP contribution in [0.4, 0.5) is 25.3 Å². The Labute approximate surface area is 187 Å². The number of anilines is 3. The molecule has 2 heterocycles. The van der Waals surface area contributed by atoms with Crippen LogP contribution in [0.5, 0.6) is 0 Å². The smallest absolute Gasteiger partial charge is 0.273 e. The van der Waals surface area contributed by atoms with E-state index in [0.717, 1.165) is 23.7 Å². The average molecular weight is 461 g/mol. The maximum absolute atomic E-state index is 13.4. The molecular formula is C20H21F2N7O2S. The maximum Gasteiger partial charge on any atom is 0.273 e. The number of amides is 2. The molecule has 0 saturated carbocycles. The second kappa shape index (κ2) is 10.2. The summed E-state index contributed by atoms with van der Waals surface area (Å²) in [7, 11) is 3.47. The third kappa shape index (κ3) is 5.39. The fourth-order valence-corrected chi connectivity index (χ4v) is 3.49. The topological polar surface area (TPSA) is 112 Å². The molecule has 3 rings (SSSR count). The standard InChI is InChI=1S/C20H21F2N7O2S/c1-11-17(18(30)26-12-4-5-13(21)14(22)8-12)19(32-28-11)27-16-10-24-15(9-25-16)20(31)29(3)7-6-23-2/h4-5,8-10,23H,6-7H2,1-3H3,(H,25,27)(H,26,30). The fraction of sp³-hybridized carbons (Fsp3) is 0.250. The van der Waals surface area contributed by atoms with Crippen LogP contribution in [0.3, 0.4) is 0 Å². The Morgan fingerprint density at radius 2 is 1.94 bits per heavy atom. The lowest BCUT2D eigenvalue weighted by Crippen LogP contribution is -2.33. The highest BCUT2D eigenvalue weighted by molar-refractivity contribution is 7.10. The van der Waals surface area contributed by atoms with Gasteiger partial charge in [-0.2, -0.15) is 4.37 Å². The van der Waals surface area contributed by atoms with Crippen molar-refractivity contribution >= 4 is 39.9 Å². The molecule has 1 aromatic carbocycles. The van der Waals surface area contributed by atoms with Crippen LogP contribution in [-0.4, -0.2) is 58.2 Å². The SMILES string of the molecule is CNCCN(C)C(=O)c1cnc(Nc2snc(C)c2C(=O)Nc2ccc(F)c(F)c2)cn1. The number of hydrogen-bond donors (Lipinski definition) is 3. The summed E-state index contributed by atoms with van der Waals surface area (Å²) in [6.07, 6.45) is 2.72. The van der Waals surface area contributed by atoms with Gasteiger partial charge in [-0.1, -0.05) is 0 Å². The number of halogens is 2. The average Bonchev–Trinajstić information content (AvgIpc) is 3.14. The van der Waals surface area contributed by atoms with Gasteiger partial charge in [0.1, 0.15) is 16.5 Å². The number of carbonyl (C=O) groups excluding carboxylic acids is 2. The van der Waals surface area contributed by atoms with Gasteiger partial charge in [-0.25, -0.2) is 18.7 Å². The van der Waals surface area contributed by atoms with Crippen molar-refractivity contribution in [3.05, 3.63) is 59.2 Å². The van der Waals surface area contributed by atoms with Gasteiger partial charge in [-0.3, -0.25) is 9.59 Å². The number of aromatic nitrogens is 3. The summed E-state index contributed by atoms with van der Waals surface area (Å²) >= 11 is 1.03. The van der Waals surface area contributed by atoms with Crippen molar-refractivity contribution < 1.29 is 18.4 Å². The number of benzene rings is 1. The van der Waals surface area contributed by atoms with Gasteiger partial charge in [0, 0.05) is 31.9 Å². The molecule has 3 aromatic rings. The normalized spacial score (nSPS) is 10.7. The second-order valence-corrected chi connectivity index (χ2v) is 7.57. The van der Waals surface area contributed by atoms with Gasteiger partial charge < -0.3 is 20.9 Å². The van der Waals surface area contributed by atoms with Crippen molar-refractivity contribution in [2.24, 2.45) is 0 Å². The first-order valence-electron chi connectivity index (χ1n) is 9.52. The van der Waals surface area contributed by atoms with Gasteiger partial charge in [0.2, 0.25) is 0 Å². The molecule has 0 radical (unpaired) electrons. The molecule has 3 N–H and O–H groups in total. The number of nitrogens with zero attached hydrogens (tertiary/aromatic N) is 4. The van der Waals surface area contributed by atoms with E-state index in [1.807, 2.05) is 0 Å². The molecule has 2 amide bonds. The van der Waals surface area contributed by atoms with Crippen LogP contribution < -0.4 is 16.0 Å². The predicted molar refractivity (Wildman–Crippen MR) is 117 cm³/mol. The van der Waals surface area contributed by atoms with E-state index >= 15 is 0 Å². The van der Waals surface area contributed by atoms with Crippen molar-refractivity contribution in [3.63, 3.8) is 0 Å². The summed E-state index contributed by atoms with van der Waals surface area (Å²) in [4.78, 5) is 34.9. The van der Waals surface area contributed by atoms with E-state index in [0.29, 0.717) is 29.6 Å². The van der Waals surface area contributed by atoms with Gasteiger partial charge in [-0.15, -0.1) is 0 Å².